The van der Waals surface area contributed by atoms with E-state index in [1.807, 2.05) is 12.1 Å². The summed E-state index contributed by atoms with van der Waals surface area (Å²) in [4.78, 5) is 11.0. The van der Waals surface area contributed by atoms with Crippen LogP contribution in [0.4, 0.5) is 21.9 Å². The number of carbonyl (C=O) groups is 1. The van der Waals surface area contributed by atoms with Crippen LogP contribution in [0.25, 0.3) is 0 Å². The van der Waals surface area contributed by atoms with E-state index < -0.39 is 6.09 Å². The summed E-state index contributed by atoms with van der Waals surface area (Å²) in [5.74, 6) is 0.472. The molecule has 0 saturated carbocycles. The summed E-state index contributed by atoms with van der Waals surface area (Å²) < 4.78 is 9.64. The summed E-state index contributed by atoms with van der Waals surface area (Å²) in [7, 11) is 2.74. The first-order chi connectivity index (χ1) is 10.6. The van der Waals surface area contributed by atoms with Crippen LogP contribution in [0.3, 0.4) is 0 Å². The first-order valence-corrected chi connectivity index (χ1v) is 6.70. The number of methoxy groups -OCH3 is 2. The second kappa shape index (κ2) is 7.42. The van der Waals surface area contributed by atoms with Gasteiger partial charge in [-0.1, -0.05) is 22.8 Å². The number of carbonyl (C=O) groups excluding carboxylic acids is 1. The number of ether oxygens (including phenoxy) is 2. The van der Waals surface area contributed by atoms with Crippen molar-refractivity contribution < 1.29 is 14.3 Å². The minimum absolute atomic E-state index is 0.421. The fraction of sp³-hybridized carbons (Fsp3) is 0.133. The molecule has 0 bridgehead atoms. The van der Waals surface area contributed by atoms with Gasteiger partial charge < -0.3 is 14.8 Å². The molecule has 2 aromatic carbocycles. The van der Waals surface area contributed by atoms with Crippen molar-refractivity contribution in [2.24, 2.45) is 10.2 Å². The van der Waals surface area contributed by atoms with Crippen molar-refractivity contribution in [3.63, 3.8) is 0 Å². The molecule has 0 heterocycles. The lowest BCUT2D eigenvalue weighted by molar-refractivity contribution is 0.181. The third-order valence-corrected chi connectivity index (χ3v) is 2.94. The maximum absolute atomic E-state index is 11.0. The van der Waals surface area contributed by atoms with Crippen LogP contribution >= 0.6 is 11.6 Å². The van der Waals surface area contributed by atoms with E-state index in [9.17, 15) is 4.79 Å². The lowest BCUT2D eigenvalue weighted by atomic mass is 10.2. The zero-order valence-corrected chi connectivity index (χ0v) is 12.8. The lowest BCUT2D eigenvalue weighted by Gasteiger charge is -2.09. The molecule has 0 spiro atoms. The zero-order valence-electron chi connectivity index (χ0n) is 12.0. The van der Waals surface area contributed by atoms with Crippen LogP contribution in [0.2, 0.25) is 5.02 Å². The Morgan fingerprint density at radius 1 is 1.14 bits per heavy atom. The molecule has 0 aromatic heterocycles. The number of azo groups is 1. The second-order valence-electron chi connectivity index (χ2n) is 4.19. The fourth-order valence-electron chi connectivity index (χ4n) is 1.71. The monoisotopic (exact) mass is 319 g/mol. The Balaban J connectivity index is 2.21. The summed E-state index contributed by atoms with van der Waals surface area (Å²) in [6.07, 6.45) is -0.775. The summed E-state index contributed by atoms with van der Waals surface area (Å²) >= 11 is 5.94. The second-order valence-corrected chi connectivity index (χ2v) is 4.63. The predicted molar refractivity (Wildman–Crippen MR) is 84.6 cm³/mol. The van der Waals surface area contributed by atoms with E-state index in [4.69, 9.17) is 16.3 Å². The van der Waals surface area contributed by atoms with Gasteiger partial charge in [0.25, 0.3) is 0 Å². The van der Waals surface area contributed by atoms with E-state index in [1.165, 1.54) is 14.2 Å². The molecule has 0 radical (unpaired) electrons. The van der Waals surface area contributed by atoms with Crippen LogP contribution in [-0.2, 0) is 4.74 Å². The number of anilines is 2. The van der Waals surface area contributed by atoms with Gasteiger partial charge in [0.15, 0.2) is 0 Å². The van der Waals surface area contributed by atoms with Gasteiger partial charge in [0.2, 0.25) is 0 Å². The number of hydrogen-bond donors (Lipinski definition) is 1. The molecule has 0 fully saturated rings. The number of nitrogens with zero attached hydrogens (tertiary/aromatic N) is 2. The highest BCUT2D eigenvalue weighted by atomic mass is 35.5. The average molecular weight is 320 g/mol. The van der Waals surface area contributed by atoms with Crippen LogP contribution < -0.4 is 10.1 Å². The molecule has 0 atom stereocenters. The lowest BCUT2D eigenvalue weighted by Crippen LogP contribution is -1.92. The van der Waals surface area contributed by atoms with Gasteiger partial charge in [-0.15, -0.1) is 5.11 Å². The van der Waals surface area contributed by atoms with Crippen molar-refractivity contribution in [1.82, 2.24) is 0 Å². The van der Waals surface area contributed by atoms with E-state index in [0.717, 1.165) is 11.4 Å². The van der Waals surface area contributed by atoms with Gasteiger partial charge in [-0.2, -0.15) is 0 Å². The van der Waals surface area contributed by atoms with Crippen molar-refractivity contribution in [3.05, 3.63) is 47.5 Å². The summed E-state index contributed by atoms with van der Waals surface area (Å²) in [6, 6.07) is 12.5. The molecule has 2 aromatic rings. The standard InChI is InChI=1S/C15H14ClN3O3/c1-21-14-9-12(17-11-5-3-4-10(16)8-11)6-7-13(14)18-19-15(20)22-2/h3-9,17H,1-2H3. The van der Waals surface area contributed by atoms with Gasteiger partial charge in [0.05, 0.1) is 14.2 Å². The van der Waals surface area contributed by atoms with E-state index in [-0.39, 0.29) is 0 Å². The highest BCUT2D eigenvalue weighted by Crippen LogP contribution is 2.32. The van der Waals surface area contributed by atoms with Crippen molar-refractivity contribution in [1.29, 1.82) is 0 Å². The predicted octanol–water partition coefficient (Wildman–Crippen LogP) is 4.94. The van der Waals surface area contributed by atoms with Gasteiger partial charge in [-0.3, -0.25) is 0 Å². The molecule has 6 nitrogen and oxygen atoms in total. The van der Waals surface area contributed by atoms with Crippen molar-refractivity contribution in [3.8, 4) is 5.75 Å². The van der Waals surface area contributed by atoms with Crippen LogP contribution in [0.15, 0.2) is 52.7 Å². The van der Waals surface area contributed by atoms with Crippen molar-refractivity contribution in [2.45, 2.75) is 0 Å². The van der Waals surface area contributed by atoms with Gasteiger partial charge in [0.1, 0.15) is 11.4 Å². The number of hydrogen-bond acceptors (Lipinski definition) is 5. The minimum atomic E-state index is -0.775. The SMILES string of the molecule is COC(=O)N=Nc1ccc(Nc2cccc(Cl)c2)cc1OC. The topological polar surface area (TPSA) is 72.3 Å². The Morgan fingerprint density at radius 3 is 2.59 bits per heavy atom. The van der Waals surface area contributed by atoms with Gasteiger partial charge in [-0.25, -0.2) is 4.79 Å². The molecular formula is C15H14ClN3O3. The van der Waals surface area contributed by atoms with Crippen LogP contribution in [-0.4, -0.2) is 20.3 Å². The quantitative estimate of drug-likeness (QED) is 0.810. The first-order valence-electron chi connectivity index (χ1n) is 6.32. The number of nitrogens with one attached hydrogen (secondary N) is 1. The Kier molecular flexibility index (Phi) is 5.32. The van der Waals surface area contributed by atoms with Crippen LogP contribution in [0, 0.1) is 0 Å². The van der Waals surface area contributed by atoms with Crippen LogP contribution in [0.1, 0.15) is 0 Å². The Morgan fingerprint density at radius 2 is 1.91 bits per heavy atom. The van der Waals surface area contributed by atoms with Gasteiger partial charge in [0, 0.05) is 22.5 Å². The number of halogens is 1. The largest absolute Gasteiger partial charge is 0.494 e. The molecule has 0 aliphatic carbocycles. The van der Waals surface area contributed by atoms with Crippen molar-refractivity contribution in [2.75, 3.05) is 19.5 Å². The van der Waals surface area contributed by atoms with E-state index in [1.54, 1.807) is 30.3 Å². The summed E-state index contributed by atoms with van der Waals surface area (Å²) in [5, 5.41) is 11.0. The van der Waals surface area contributed by atoms with Crippen LogP contribution in [0.5, 0.6) is 5.75 Å². The molecule has 7 heteroatoms. The normalized spacial score (nSPS) is 10.5. The molecule has 2 rings (SSSR count). The summed E-state index contributed by atoms with van der Waals surface area (Å²) in [6.45, 7) is 0. The molecule has 0 saturated heterocycles. The molecule has 0 aliphatic heterocycles. The van der Waals surface area contributed by atoms with E-state index in [0.29, 0.717) is 16.5 Å². The third kappa shape index (κ3) is 4.20. The third-order valence-electron chi connectivity index (χ3n) is 2.71. The number of benzene rings is 2. The van der Waals surface area contributed by atoms with E-state index >= 15 is 0 Å². The highest BCUT2D eigenvalue weighted by molar-refractivity contribution is 6.30. The molecule has 0 unspecified atom stereocenters. The Labute approximate surface area is 132 Å². The molecule has 0 aliphatic rings. The zero-order chi connectivity index (χ0) is 15.9. The number of amides is 1. The molecule has 22 heavy (non-hydrogen) atoms. The minimum Gasteiger partial charge on any atom is -0.494 e. The molecular weight excluding hydrogens is 306 g/mol. The number of rotatable bonds is 4. The fourth-order valence-corrected chi connectivity index (χ4v) is 1.90. The molecule has 1 N–H and O–H groups in total. The Bertz CT molecular complexity index is 704. The molecule has 1 amide bonds. The Hall–Kier alpha value is -2.60. The van der Waals surface area contributed by atoms with E-state index in [2.05, 4.69) is 20.3 Å². The molecule has 114 valence electrons. The summed E-state index contributed by atoms with van der Waals surface area (Å²) in [5.41, 5.74) is 2.05. The van der Waals surface area contributed by atoms with Gasteiger partial charge in [-0.05, 0) is 30.3 Å². The first kappa shape index (κ1) is 15.8. The van der Waals surface area contributed by atoms with Crippen molar-refractivity contribution >= 4 is 34.8 Å². The van der Waals surface area contributed by atoms with Gasteiger partial charge >= 0.3 is 6.09 Å². The smallest absolute Gasteiger partial charge is 0.452 e. The highest BCUT2D eigenvalue weighted by Gasteiger charge is 2.05. The average Bonchev–Trinajstić information content (AvgIpc) is 2.53. The maximum atomic E-state index is 11.0. The maximum Gasteiger partial charge on any atom is 0.452 e.